The molecule has 0 amide bonds. The van der Waals surface area contributed by atoms with Crippen molar-refractivity contribution < 1.29 is 23.7 Å². The first-order valence-electron chi connectivity index (χ1n) is 6.85. The summed E-state index contributed by atoms with van der Waals surface area (Å²) in [5, 5.41) is 10.8. The van der Waals surface area contributed by atoms with Crippen LogP contribution in [-0.4, -0.2) is 37.6 Å². The quantitative estimate of drug-likeness (QED) is 0.822. The van der Waals surface area contributed by atoms with Crippen LogP contribution in [0, 0.1) is 0 Å². The molecule has 0 aliphatic heterocycles. The molecule has 1 atom stereocenters. The van der Waals surface area contributed by atoms with Crippen molar-refractivity contribution in [2.75, 3.05) is 20.8 Å². The molecule has 1 heterocycles. The third-order valence-corrected chi connectivity index (χ3v) is 3.64. The molecule has 0 bridgehead atoms. The molecule has 0 saturated carbocycles. The van der Waals surface area contributed by atoms with Gasteiger partial charge < -0.3 is 23.7 Å². The Hall–Kier alpha value is -2.05. The van der Waals surface area contributed by atoms with Crippen LogP contribution >= 0.6 is 0 Å². The van der Waals surface area contributed by atoms with Crippen LogP contribution in [0.25, 0.3) is 11.0 Å². The minimum atomic E-state index is -0.825. The molecule has 1 aromatic carbocycles. The zero-order valence-electron chi connectivity index (χ0n) is 13.1. The topological polar surface area (TPSA) is 78.1 Å². The largest absolute Gasteiger partial charge is 0.496 e. The van der Waals surface area contributed by atoms with E-state index >= 15 is 0 Å². The summed E-state index contributed by atoms with van der Waals surface area (Å²) in [5.74, 6) is 0.960. The van der Waals surface area contributed by atoms with E-state index in [2.05, 4.69) is 0 Å². The molecule has 0 spiro atoms. The van der Waals surface area contributed by atoms with Gasteiger partial charge in [0.1, 0.15) is 29.8 Å². The lowest BCUT2D eigenvalue weighted by Gasteiger charge is -2.28. The highest BCUT2D eigenvalue weighted by atomic mass is 16.5. The van der Waals surface area contributed by atoms with Crippen LogP contribution < -0.4 is 15.1 Å². The van der Waals surface area contributed by atoms with E-state index in [9.17, 15) is 9.90 Å². The number of rotatable bonds is 6. The third-order valence-electron chi connectivity index (χ3n) is 3.64. The first-order valence-corrected chi connectivity index (χ1v) is 6.85. The standard InChI is InChI=1S/C16H20O6/c1-16(2,20-4)14(17)9-21-12-7-10(19-3)8-13-11(12)5-6-15(18)22-13/h5-8,14,17H,9H2,1-4H3/t14-/m0/s1. The molecule has 0 radical (unpaired) electrons. The van der Waals surface area contributed by atoms with Gasteiger partial charge in [-0.25, -0.2) is 4.79 Å². The van der Waals surface area contributed by atoms with Crippen LogP contribution in [0.3, 0.4) is 0 Å². The Morgan fingerprint density at radius 3 is 2.64 bits per heavy atom. The highest BCUT2D eigenvalue weighted by Crippen LogP contribution is 2.31. The Labute approximate surface area is 128 Å². The molecular weight excluding hydrogens is 288 g/mol. The van der Waals surface area contributed by atoms with Gasteiger partial charge in [-0.3, -0.25) is 0 Å². The molecule has 0 unspecified atom stereocenters. The molecule has 0 saturated heterocycles. The lowest BCUT2D eigenvalue weighted by Crippen LogP contribution is -2.42. The van der Waals surface area contributed by atoms with Crippen molar-refractivity contribution in [3.63, 3.8) is 0 Å². The molecule has 6 nitrogen and oxygen atoms in total. The van der Waals surface area contributed by atoms with E-state index in [0.29, 0.717) is 22.5 Å². The maximum atomic E-state index is 11.3. The Morgan fingerprint density at radius 1 is 1.27 bits per heavy atom. The number of ether oxygens (including phenoxy) is 3. The van der Waals surface area contributed by atoms with Crippen LogP contribution in [0.2, 0.25) is 0 Å². The predicted molar refractivity (Wildman–Crippen MR) is 81.6 cm³/mol. The first-order chi connectivity index (χ1) is 10.4. The number of fused-ring (bicyclic) bond motifs is 1. The van der Waals surface area contributed by atoms with E-state index in [1.165, 1.54) is 20.3 Å². The van der Waals surface area contributed by atoms with E-state index in [4.69, 9.17) is 18.6 Å². The normalized spacial score (nSPS) is 13.1. The molecule has 22 heavy (non-hydrogen) atoms. The van der Waals surface area contributed by atoms with Gasteiger partial charge in [0, 0.05) is 25.3 Å². The first kappa shape index (κ1) is 16.3. The summed E-state index contributed by atoms with van der Waals surface area (Å²) in [6.45, 7) is 3.57. The number of hydrogen-bond acceptors (Lipinski definition) is 6. The molecule has 0 aliphatic rings. The van der Waals surface area contributed by atoms with Gasteiger partial charge >= 0.3 is 5.63 Å². The van der Waals surface area contributed by atoms with Crippen LogP contribution in [-0.2, 0) is 4.74 Å². The van der Waals surface area contributed by atoms with E-state index in [1.807, 2.05) is 0 Å². The smallest absolute Gasteiger partial charge is 0.336 e. The number of benzene rings is 1. The van der Waals surface area contributed by atoms with Crippen molar-refractivity contribution in [1.29, 1.82) is 0 Å². The summed E-state index contributed by atoms with van der Waals surface area (Å²) in [4.78, 5) is 11.3. The molecule has 2 aromatic rings. The van der Waals surface area contributed by atoms with Crippen LogP contribution in [0.5, 0.6) is 11.5 Å². The molecule has 0 aliphatic carbocycles. The summed E-state index contributed by atoms with van der Waals surface area (Å²) in [5.41, 5.74) is -0.823. The summed E-state index contributed by atoms with van der Waals surface area (Å²) in [7, 11) is 3.04. The second-order valence-corrected chi connectivity index (χ2v) is 5.43. The average Bonchev–Trinajstić information content (AvgIpc) is 2.51. The highest BCUT2D eigenvalue weighted by Gasteiger charge is 2.28. The Balaban J connectivity index is 2.32. The lowest BCUT2D eigenvalue weighted by atomic mass is 10.0. The Morgan fingerprint density at radius 2 is 2.00 bits per heavy atom. The maximum Gasteiger partial charge on any atom is 0.336 e. The van der Waals surface area contributed by atoms with Crippen molar-refractivity contribution >= 4 is 11.0 Å². The van der Waals surface area contributed by atoms with Gasteiger partial charge in [-0.1, -0.05) is 0 Å². The van der Waals surface area contributed by atoms with Crippen molar-refractivity contribution in [2.45, 2.75) is 25.6 Å². The molecule has 6 heteroatoms. The third kappa shape index (κ3) is 3.40. The second kappa shape index (κ2) is 6.37. The highest BCUT2D eigenvalue weighted by molar-refractivity contribution is 5.85. The summed E-state index contributed by atoms with van der Waals surface area (Å²) in [6.07, 6.45) is -0.825. The van der Waals surface area contributed by atoms with Gasteiger partial charge in [0.05, 0.1) is 18.1 Å². The maximum absolute atomic E-state index is 11.3. The predicted octanol–water partition coefficient (Wildman–Crippen LogP) is 1.97. The molecule has 2 rings (SSSR count). The van der Waals surface area contributed by atoms with Crippen LogP contribution in [0.4, 0.5) is 0 Å². The fourth-order valence-corrected chi connectivity index (χ4v) is 1.86. The van der Waals surface area contributed by atoms with Gasteiger partial charge in [0.15, 0.2) is 0 Å². The Kier molecular flexibility index (Phi) is 4.73. The zero-order chi connectivity index (χ0) is 16.3. The van der Waals surface area contributed by atoms with Crippen LogP contribution in [0.1, 0.15) is 13.8 Å². The summed E-state index contributed by atoms with van der Waals surface area (Å²) in [6, 6.07) is 6.22. The minimum absolute atomic E-state index is 0.0300. The van der Waals surface area contributed by atoms with Crippen molar-refractivity contribution in [3.8, 4) is 11.5 Å². The van der Waals surface area contributed by atoms with Gasteiger partial charge in [0.2, 0.25) is 0 Å². The lowest BCUT2D eigenvalue weighted by molar-refractivity contribution is -0.0913. The van der Waals surface area contributed by atoms with Gasteiger partial charge in [0.25, 0.3) is 0 Å². The molecule has 0 fully saturated rings. The molecule has 1 aromatic heterocycles. The SMILES string of the molecule is COc1cc(OC[C@H](O)C(C)(C)OC)c2ccc(=O)oc2c1. The van der Waals surface area contributed by atoms with Crippen molar-refractivity contribution in [2.24, 2.45) is 0 Å². The van der Waals surface area contributed by atoms with E-state index in [1.54, 1.807) is 32.0 Å². The van der Waals surface area contributed by atoms with E-state index in [-0.39, 0.29) is 6.61 Å². The molecule has 1 N–H and O–H groups in total. The van der Waals surface area contributed by atoms with Crippen LogP contribution in [0.15, 0.2) is 33.5 Å². The zero-order valence-corrected chi connectivity index (χ0v) is 13.1. The average molecular weight is 308 g/mol. The van der Waals surface area contributed by atoms with Gasteiger partial charge in [-0.2, -0.15) is 0 Å². The molecule has 120 valence electrons. The van der Waals surface area contributed by atoms with Crippen molar-refractivity contribution in [1.82, 2.24) is 0 Å². The second-order valence-electron chi connectivity index (χ2n) is 5.43. The van der Waals surface area contributed by atoms with E-state index in [0.717, 1.165) is 0 Å². The van der Waals surface area contributed by atoms with Gasteiger partial charge in [-0.15, -0.1) is 0 Å². The minimum Gasteiger partial charge on any atom is -0.496 e. The molecular formula is C16H20O6. The number of aliphatic hydroxyl groups is 1. The Bertz CT molecular complexity index is 703. The fraction of sp³-hybridized carbons (Fsp3) is 0.438. The summed E-state index contributed by atoms with van der Waals surface area (Å²) < 4.78 is 21.2. The number of hydrogen-bond donors (Lipinski definition) is 1. The van der Waals surface area contributed by atoms with Gasteiger partial charge in [-0.05, 0) is 19.9 Å². The monoisotopic (exact) mass is 308 g/mol. The van der Waals surface area contributed by atoms with Crippen molar-refractivity contribution in [3.05, 3.63) is 34.7 Å². The number of aliphatic hydroxyl groups excluding tert-OH is 1. The number of methoxy groups -OCH3 is 2. The summed E-state index contributed by atoms with van der Waals surface area (Å²) >= 11 is 0. The fourth-order valence-electron chi connectivity index (χ4n) is 1.86. The van der Waals surface area contributed by atoms with E-state index < -0.39 is 17.3 Å².